The molecule has 5 nitrogen and oxygen atoms in total. The Morgan fingerprint density at radius 3 is 2.73 bits per heavy atom. The lowest BCUT2D eigenvalue weighted by Gasteiger charge is -2.11. The Balaban J connectivity index is 1.65. The van der Waals surface area contributed by atoms with Crippen LogP contribution in [0.1, 0.15) is 39.3 Å². The van der Waals surface area contributed by atoms with Gasteiger partial charge in [-0.1, -0.05) is 41.9 Å². The molecule has 3 aromatic rings. The monoisotopic (exact) mass is 422 g/mol. The van der Waals surface area contributed by atoms with Crippen molar-refractivity contribution in [2.75, 3.05) is 6.61 Å². The number of primary amides is 1. The fourth-order valence-corrected chi connectivity index (χ4v) is 3.23. The third-order valence-electron chi connectivity index (χ3n) is 4.54. The number of hydrogen-bond acceptors (Lipinski definition) is 4. The molecule has 0 spiro atoms. The Hall–Kier alpha value is -3.31. The fraction of sp³-hybridized carbons (Fsp3) is 0.167. The molecular weight excluding hydrogens is 400 g/mol. The van der Waals surface area contributed by atoms with Gasteiger partial charge in [0, 0.05) is 10.7 Å². The molecule has 30 heavy (non-hydrogen) atoms. The van der Waals surface area contributed by atoms with E-state index in [9.17, 15) is 9.90 Å². The van der Waals surface area contributed by atoms with Gasteiger partial charge in [-0.25, -0.2) is 4.98 Å². The summed E-state index contributed by atoms with van der Waals surface area (Å²) in [5.74, 6) is -0.0337. The molecule has 6 heteroatoms. The van der Waals surface area contributed by atoms with Gasteiger partial charge in [0.1, 0.15) is 17.2 Å². The second kappa shape index (κ2) is 9.94. The maximum Gasteiger partial charge on any atom is 0.252 e. The minimum absolute atomic E-state index is 0.0628. The SMILES string of the molecule is Cc1ccc(OCCCc2cccc(C(N)=O)c2O)c(/C=C/c2cccc(Cl)c2)n1. The summed E-state index contributed by atoms with van der Waals surface area (Å²) >= 11 is 6.04. The van der Waals surface area contributed by atoms with Crippen molar-refractivity contribution in [3.05, 3.63) is 87.7 Å². The number of carbonyl (C=O) groups excluding carboxylic acids is 1. The molecule has 1 aromatic heterocycles. The van der Waals surface area contributed by atoms with Crippen LogP contribution in [0.4, 0.5) is 0 Å². The van der Waals surface area contributed by atoms with Crippen molar-refractivity contribution in [3.8, 4) is 11.5 Å². The maximum atomic E-state index is 11.4. The van der Waals surface area contributed by atoms with Crippen LogP contribution in [0.2, 0.25) is 5.02 Å². The smallest absolute Gasteiger partial charge is 0.252 e. The Morgan fingerprint density at radius 1 is 1.17 bits per heavy atom. The molecule has 0 radical (unpaired) electrons. The van der Waals surface area contributed by atoms with E-state index in [2.05, 4.69) is 4.98 Å². The first kappa shape index (κ1) is 21.4. The summed E-state index contributed by atoms with van der Waals surface area (Å²) < 4.78 is 5.93. The summed E-state index contributed by atoms with van der Waals surface area (Å²) in [6, 6.07) is 16.3. The van der Waals surface area contributed by atoms with Crippen LogP contribution >= 0.6 is 11.6 Å². The van der Waals surface area contributed by atoms with Gasteiger partial charge in [-0.15, -0.1) is 0 Å². The Labute approximate surface area is 180 Å². The molecule has 0 aliphatic rings. The largest absolute Gasteiger partial charge is 0.507 e. The Morgan fingerprint density at radius 2 is 1.97 bits per heavy atom. The molecule has 3 N–H and O–H groups in total. The van der Waals surface area contributed by atoms with Gasteiger partial charge in [0.05, 0.1) is 12.2 Å². The Bertz CT molecular complexity index is 1080. The molecule has 0 fully saturated rings. The summed E-state index contributed by atoms with van der Waals surface area (Å²) in [6.45, 7) is 2.36. The van der Waals surface area contributed by atoms with Crippen molar-refractivity contribution in [2.45, 2.75) is 19.8 Å². The first-order chi connectivity index (χ1) is 14.4. The van der Waals surface area contributed by atoms with Crippen molar-refractivity contribution in [2.24, 2.45) is 5.73 Å². The van der Waals surface area contributed by atoms with Crippen molar-refractivity contribution >= 4 is 29.7 Å². The third kappa shape index (κ3) is 5.61. The van der Waals surface area contributed by atoms with Crippen molar-refractivity contribution in [1.82, 2.24) is 4.98 Å². The van der Waals surface area contributed by atoms with Crippen LogP contribution in [-0.2, 0) is 6.42 Å². The number of rotatable bonds is 8. The molecule has 154 valence electrons. The van der Waals surface area contributed by atoms with E-state index in [1.165, 1.54) is 6.07 Å². The van der Waals surface area contributed by atoms with Crippen LogP contribution in [0.5, 0.6) is 11.5 Å². The van der Waals surface area contributed by atoms with E-state index < -0.39 is 5.91 Å². The lowest BCUT2D eigenvalue weighted by Crippen LogP contribution is -2.11. The van der Waals surface area contributed by atoms with E-state index in [1.54, 1.807) is 12.1 Å². The highest BCUT2D eigenvalue weighted by Gasteiger charge is 2.11. The van der Waals surface area contributed by atoms with Gasteiger partial charge in [0.2, 0.25) is 0 Å². The molecule has 0 atom stereocenters. The summed E-state index contributed by atoms with van der Waals surface area (Å²) in [7, 11) is 0. The molecule has 0 unspecified atom stereocenters. The highest BCUT2D eigenvalue weighted by molar-refractivity contribution is 6.30. The molecule has 0 aliphatic carbocycles. The average molecular weight is 423 g/mol. The minimum Gasteiger partial charge on any atom is -0.507 e. The number of para-hydroxylation sites is 1. The van der Waals surface area contributed by atoms with Gasteiger partial charge in [-0.3, -0.25) is 4.79 Å². The number of aromatic nitrogens is 1. The van der Waals surface area contributed by atoms with E-state index in [1.807, 2.05) is 55.5 Å². The highest BCUT2D eigenvalue weighted by atomic mass is 35.5. The Kier molecular flexibility index (Phi) is 7.09. The number of benzene rings is 2. The lowest BCUT2D eigenvalue weighted by atomic mass is 10.0. The zero-order valence-electron chi connectivity index (χ0n) is 16.6. The van der Waals surface area contributed by atoms with Gasteiger partial charge in [0.25, 0.3) is 5.91 Å². The molecule has 3 rings (SSSR count). The van der Waals surface area contributed by atoms with Gasteiger partial charge >= 0.3 is 0 Å². The third-order valence-corrected chi connectivity index (χ3v) is 4.78. The van der Waals surface area contributed by atoms with Crippen LogP contribution in [-0.4, -0.2) is 22.6 Å². The van der Waals surface area contributed by atoms with Gasteiger partial charge in [-0.2, -0.15) is 0 Å². The van der Waals surface area contributed by atoms with Gasteiger partial charge in [0.15, 0.2) is 0 Å². The van der Waals surface area contributed by atoms with E-state index in [0.29, 0.717) is 35.8 Å². The first-order valence-corrected chi connectivity index (χ1v) is 9.96. The second-order valence-electron chi connectivity index (χ2n) is 6.85. The van der Waals surface area contributed by atoms with Crippen molar-refractivity contribution < 1.29 is 14.6 Å². The molecule has 1 heterocycles. The number of phenols is 1. The number of hydrogen-bond donors (Lipinski definition) is 2. The predicted octanol–water partition coefficient (Wildman–Crippen LogP) is 5.03. The number of pyridine rings is 1. The first-order valence-electron chi connectivity index (χ1n) is 9.59. The van der Waals surface area contributed by atoms with E-state index in [4.69, 9.17) is 22.1 Å². The molecule has 0 saturated carbocycles. The standard InChI is InChI=1S/C24H23ClN2O3/c1-16-10-13-22(21(27-16)12-11-17-5-2-8-19(25)15-17)30-14-4-7-18-6-3-9-20(23(18)28)24(26)29/h2-3,5-6,8-13,15,28H,4,7,14H2,1H3,(H2,26,29)/b12-11+. The number of nitrogens with two attached hydrogens (primary N) is 1. The number of aryl methyl sites for hydroxylation is 2. The molecule has 2 aromatic carbocycles. The zero-order chi connectivity index (χ0) is 21.5. The summed E-state index contributed by atoms with van der Waals surface area (Å²) in [6.07, 6.45) is 5.05. The zero-order valence-corrected chi connectivity index (χ0v) is 17.4. The highest BCUT2D eigenvalue weighted by Crippen LogP contribution is 2.24. The quantitative estimate of drug-likeness (QED) is 0.498. The second-order valence-corrected chi connectivity index (χ2v) is 7.29. The number of aromatic hydroxyl groups is 1. The summed E-state index contributed by atoms with van der Waals surface area (Å²) in [5, 5.41) is 10.9. The van der Waals surface area contributed by atoms with Crippen LogP contribution in [0, 0.1) is 6.92 Å². The van der Waals surface area contributed by atoms with Crippen LogP contribution in [0.3, 0.4) is 0 Å². The number of halogens is 1. The van der Waals surface area contributed by atoms with Crippen LogP contribution < -0.4 is 10.5 Å². The van der Waals surface area contributed by atoms with Gasteiger partial charge in [-0.05, 0) is 67.3 Å². The van der Waals surface area contributed by atoms with E-state index in [-0.39, 0.29) is 11.3 Å². The fourth-order valence-electron chi connectivity index (χ4n) is 3.03. The maximum absolute atomic E-state index is 11.4. The summed E-state index contributed by atoms with van der Waals surface area (Å²) in [5.41, 5.74) is 8.67. The normalized spacial score (nSPS) is 11.0. The van der Waals surface area contributed by atoms with E-state index in [0.717, 1.165) is 17.0 Å². The molecule has 0 aliphatic heterocycles. The topological polar surface area (TPSA) is 85.4 Å². The van der Waals surface area contributed by atoms with Crippen molar-refractivity contribution in [3.63, 3.8) is 0 Å². The predicted molar refractivity (Wildman–Crippen MR) is 120 cm³/mol. The number of ether oxygens (including phenoxy) is 1. The molecule has 1 amide bonds. The molecular formula is C24H23ClN2O3. The molecule has 0 saturated heterocycles. The van der Waals surface area contributed by atoms with Crippen LogP contribution in [0.15, 0.2) is 54.6 Å². The van der Waals surface area contributed by atoms with Crippen molar-refractivity contribution in [1.29, 1.82) is 0 Å². The number of carbonyl (C=O) groups is 1. The lowest BCUT2D eigenvalue weighted by molar-refractivity contribution is 0.0997. The van der Waals surface area contributed by atoms with E-state index >= 15 is 0 Å². The number of amides is 1. The number of nitrogens with zero attached hydrogens (tertiary/aromatic N) is 1. The summed E-state index contributed by atoms with van der Waals surface area (Å²) in [4.78, 5) is 15.9. The minimum atomic E-state index is -0.646. The molecule has 0 bridgehead atoms. The van der Waals surface area contributed by atoms with Gasteiger partial charge < -0.3 is 15.6 Å². The van der Waals surface area contributed by atoms with Crippen LogP contribution in [0.25, 0.3) is 12.2 Å². The average Bonchev–Trinajstić information content (AvgIpc) is 2.71.